The van der Waals surface area contributed by atoms with E-state index in [4.69, 9.17) is 21.3 Å². The number of anilines is 1. The van der Waals surface area contributed by atoms with Crippen molar-refractivity contribution in [2.24, 2.45) is 0 Å². The van der Waals surface area contributed by atoms with E-state index < -0.39 is 0 Å². The van der Waals surface area contributed by atoms with Crippen molar-refractivity contribution in [3.8, 4) is 10.4 Å². The molecule has 5 rings (SSSR count). The van der Waals surface area contributed by atoms with E-state index in [1.54, 1.807) is 23.3 Å². The van der Waals surface area contributed by atoms with Crippen molar-refractivity contribution in [3.05, 3.63) is 63.8 Å². The Balaban J connectivity index is 1.40. The maximum absolute atomic E-state index is 13.3. The number of aryl methyl sites for hydroxylation is 1. The molecular formula is C24H24ClN3O2S2. The largest absolute Gasteiger partial charge is 0.379 e. The summed E-state index contributed by atoms with van der Waals surface area (Å²) in [5.41, 5.74) is 3.26. The summed E-state index contributed by atoms with van der Waals surface area (Å²) in [7, 11) is 0. The van der Waals surface area contributed by atoms with Gasteiger partial charge in [-0.1, -0.05) is 35.9 Å². The molecule has 2 fully saturated rings. The molecule has 2 aliphatic rings. The van der Waals surface area contributed by atoms with Gasteiger partial charge in [0, 0.05) is 40.2 Å². The van der Waals surface area contributed by atoms with Crippen molar-refractivity contribution in [2.45, 2.75) is 30.6 Å². The van der Waals surface area contributed by atoms with E-state index in [2.05, 4.69) is 16.5 Å². The van der Waals surface area contributed by atoms with Crippen LogP contribution in [0.4, 0.5) is 5.69 Å². The van der Waals surface area contributed by atoms with E-state index in [-0.39, 0.29) is 5.91 Å². The number of ether oxygens (including phenoxy) is 1. The molecule has 1 saturated heterocycles. The summed E-state index contributed by atoms with van der Waals surface area (Å²) >= 11 is 9.77. The highest BCUT2D eigenvalue weighted by molar-refractivity contribution is 7.97. The summed E-state index contributed by atoms with van der Waals surface area (Å²) in [4.78, 5) is 20.0. The van der Waals surface area contributed by atoms with E-state index in [1.807, 2.05) is 42.5 Å². The van der Waals surface area contributed by atoms with Crippen molar-refractivity contribution in [3.63, 3.8) is 0 Å². The fourth-order valence-corrected chi connectivity index (χ4v) is 6.13. The average molecular weight is 486 g/mol. The van der Waals surface area contributed by atoms with Gasteiger partial charge < -0.3 is 10.1 Å². The van der Waals surface area contributed by atoms with Crippen molar-refractivity contribution < 1.29 is 9.53 Å². The van der Waals surface area contributed by atoms with Gasteiger partial charge in [-0.15, -0.1) is 11.3 Å². The molecule has 1 aromatic heterocycles. The maximum Gasteiger partial charge on any atom is 0.275 e. The van der Waals surface area contributed by atoms with E-state index in [0.717, 1.165) is 65.2 Å². The Bertz CT molecular complexity index is 1140. The molecule has 2 heterocycles. The molecule has 0 atom stereocenters. The highest BCUT2D eigenvalue weighted by Gasteiger charge is 2.31. The second kappa shape index (κ2) is 9.53. The first-order valence-electron chi connectivity index (χ1n) is 10.8. The maximum atomic E-state index is 13.3. The summed E-state index contributed by atoms with van der Waals surface area (Å²) in [6.45, 7) is 5.38. The smallest absolute Gasteiger partial charge is 0.275 e. The van der Waals surface area contributed by atoms with Gasteiger partial charge in [-0.2, -0.15) is 0 Å². The lowest BCUT2D eigenvalue weighted by Crippen LogP contribution is -2.31. The van der Waals surface area contributed by atoms with Gasteiger partial charge in [-0.05, 0) is 55.5 Å². The summed E-state index contributed by atoms with van der Waals surface area (Å²) in [6, 6.07) is 13.7. The molecule has 1 saturated carbocycles. The van der Waals surface area contributed by atoms with Crippen LogP contribution in [0.3, 0.4) is 0 Å². The molecule has 0 unspecified atom stereocenters. The Morgan fingerprint density at radius 1 is 1.22 bits per heavy atom. The molecule has 0 bridgehead atoms. The molecule has 0 spiro atoms. The lowest BCUT2D eigenvalue weighted by atomic mass is 10.1. The molecule has 2 aromatic carbocycles. The van der Waals surface area contributed by atoms with Gasteiger partial charge in [0.25, 0.3) is 5.91 Å². The Morgan fingerprint density at radius 3 is 2.75 bits per heavy atom. The fourth-order valence-electron chi connectivity index (χ4n) is 3.57. The summed E-state index contributed by atoms with van der Waals surface area (Å²) in [5.74, 6) is 0.271. The van der Waals surface area contributed by atoms with Crippen LogP contribution in [0.5, 0.6) is 0 Å². The molecule has 166 valence electrons. The average Bonchev–Trinajstić information content (AvgIpc) is 3.56. The zero-order chi connectivity index (χ0) is 22.1. The highest BCUT2D eigenvalue weighted by Crippen LogP contribution is 2.46. The lowest BCUT2D eigenvalue weighted by Gasteiger charge is -2.26. The Morgan fingerprint density at radius 2 is 2.00 bits per heavy atom. The zero-order valence-corrected chi connectivity index (χ0v) is 20.2. The SMILES string of the molecule is Cc1ccc(NC(=O)c2nc(C3CC3)sc2-c2ccccc2Cl)cc1SN1CCOCC1. The van der Waals surface area contributed by atoms with Gasteiger partial charge in [0.05, 0.1) is 23.1 Å². The van der Waals surface area contributed by atoms with E-state index in [0.29, 0.717) is 16.6 Å². The van der Waals surface area contributed by atoms with E-state index in [9.17, 15) is 4.79 Å². The fraction of sp³-hybridized carbons (Fsp3) is 0.333. The second-order valence-corrected chi connectivity index (χ2v) is 10.6. The van der Waals surface area contributed by atoms with Gasteiger partial charge in [0.1, 0.15) is 5.69 Å². The molecule has 5 nitrogen and oxygen atoms in total. The number of carbonyl (C=O) groups excluding carboxylic acids is 1. The summed E-state index contributed by atoms with van der Waals surface area (Å²) < 4.78 is 7.75. The minimum absolute atomic E-state index is 0.200. The number of thiazole rings is 1. The van der Waals surface area contributed by atoms with Crippen molar-refractivity contribution in [2.75, 3.05) is 31.6 Å². The Kier molecular flexibility index (Phi) is 6.53. The second-order valence-electron chi connectivity index (χ2n) is 8.05. The van der Waals surface area contributed by atoms with Crippen LogP contribution in [-0.2, 0) is 4.74 Å². The molecule has 1 N–H and O–H groups in total. The monoisotopic (exact) mass is 485 g/mol. The van der Waals surface area contributed by atoms with Gasteiger partial charge >= 0.3 is 0 Å². The molecule has 3 aromatic rings. The quantitative estimate of drug-likeness (QED) is 0.419. The van der Waals surface area contributed by atoms with Crippen LogP contribution in [-0.4, -0.2) is 41.5 Å². The summed E-state index contributed by atoms with van der Waals surface area (Å²) in [5, 5.41) is 4.73. The van der Waals surface area contributed by atoms with Crippen LogP contribution in [0.2, 0.25) is 5.02 Å². The Hall–Kier alpha value is -1.90. The first-order chi connectivity index (χ1) is 15.6. The van der Waals surface area contributed by atoms with E-state index >= 15 is 0 Å². The van der Waals surface area contributed by atoms with Gasteiger partial charge in [0.15, 0.2) is 0 Å². The van der Waals surface area contributed by atoms with Crippen LogP contribution in [0.15, 0.2) is 47.4 Å². The standard InChI is InChI=1S/C24H24ClN3O2S2/c1-15-6-9-17(14-20(15)32-28-10-12-30-13-11-28)26-23(29)21-22(18-4-2-3-5-19(18)25)31-24(27-21)16-7-8-16/h2-6,9,14,16H,7-8,10-13H2,1H3,(H,26,29). The predicted molar refractivity (Wildman–Crippen MR) is 132 cm³/mol. The van der Waals surface area contributed by atoms with Crippen LogP contribution in [0.1, 0.15) is 39.8 Å². The number of nitrogens with one attached hydrogen (secondary N) is 1. The molecule has 8 heteroatoms. The van der Waals surface area contributed by atoms with Gasteiger partial charge in [-0.3, -0.25) is 4.79 Å². The van der Waals surface area contributed by atoms with Gasteiger partial charge in [-0.25, -0.2) is 9.29 Å². The number of amides is 1. The molecule has 1 amide bonds. The van der Waals surface area contributed by atoms with E-state index in [1.165, 1.54) is 5.56 Å². The lowest BCUT2D eigenvalue weighted by molar-refractivity contribution is 0.0773. The van der Waals surface area contributed by atoms with Crippen molar-refractivity contribution in [1.29, 1.82) is 0 Å². The highest BCUT2D eigenvalue weighted by atomic mass is 35.5. The molecule has 1 aliphatic carbocycles. The number of halogens is 1. The molecule has 1 aliphatic heterocycles. The van der Waals surface area contributed by atoms with Crippen LogP contribution in [0.25, 0.3) is 10.4 Å². The third-order valence-corrected chi connectivity index (χ3v) is 8.39. The number of hydrogen-bond donors (Lipinski definition) is 1. The number of hydrogen-bond acceptors (Lipinski definition) is 6. The first-order valence-corrected chi connectivity index (χ1v) is 12.7. The minimum atomic E-state index is -0.200. The zero-order valence-electron chi connectivity index (χ0n) is 17.8. The first kappa shape index (κ1) is 21.9. The summed E-state index contributed by atoms with van der Waals surface area (Å²) in [6.07, 6.45) is 2.27. The number of rotatable bonds is 6. The van der Waals surface area contributed by atoms with Crippen molar-refractivity contribution in [1.82, 2.24) is 9.29 Å². The van der Waals surface area contributed by atoms with Crippen LogP contribution in [0, 0.1) is 6.92 Å². The number of aromatic nitrogens is 1. The normalized spacial score (nSPS) is 16.8. The van der Waals surface area contributed by atoms with Crippen LogP contribution >= 0.6 is 34.9 Å². The predicted octanol–water partition coefficient (Wildman–Crippen LogP) is 6.24. The topological polar surface area (TPSA) is 54.5 Å². The molecule has 32 heavy (non-hydrogen) atoms. The number of benzene rings is 2. The molecular weight excluding hydrogens is 462 g/mol. The third kappa shape index (κ3) is 4.87. The van der Waals surface area contributed by atoms with Crippen molar-refractivity contribution >= 4 is 46.5 Å². The van der Waals surface area contributed by atoms with Gasteiger partial charge in [0.2, 0.25) is 0 Å². The number of nitrogens with zero attached hydrogens (tertiary/aromatic N) is 2. The number of morpholine rings is 1. The Labute approximate surface area is 201 Å². The third-order valence-electron chi connectivity index (χ3n) is 5.55. The minimum Gasteiger partial charge on any atom is -0.379 e. The van der Waals surface area contributed by atoms with Crippen LogP contribution < -0.4 is 5.32 Å². The number of carbonyl (C=O) groups is 1. The molecule has 0 radical (unpaired) electrons.